The molecule has 2 N–H and O–H groups in total. The van der Waals surface area contributed by atoms with Gasteiger partial charge in [0.25, 0.3) is 5.91 Å². The van der Waals surface area contributed by atoms with Crippen molar-refractivity contribution in [2.45, 2.75) is 51.2 Å². The SMILES string of the molecule is CCOC(=O)c1sc(NC(=O)C(C)Sc2nnc(CNC(=O)c3cccc(OC)c3)n2Cc2ccccc2)c(C(=O)OCC)c1C. The number of benzene rings is 2. The number of thiophene rings is 1. The molecule has 0 saturated carbocycles. The minimum absolute atomic E-state index is 0.0883. The normalized spacial score (nSPS) is 11.4. The van der Waals surface area contributed by atoms with E-state index in [1.165, 1.54) is 18.9 Å². The van der Waals surface area contributed by atoms with Gasteiger partial charge < -0.3 is 29.4 Å². The molecule has 242 valence electrons. The molecule has 2 amide bonds. The van der Waals surface area contributed by atoms with E-state index in [2.05, 4.69) is 20.8 Å². The summed E-state index contributed by atoms with van der Waals surface area (Å²) in [6, 6.07) is 16.5. The number of nitrogens with zero attached hydrogens (tertiary/aromatic N) is 3. The predicted octanol–water partition coefficient (Wildman–Crippen LogP) is 5.11. The topological polar surface area (TPSA) is 151 Å². The molecule has 2 aromatic heterocycles. The summed E-state index contributed by atoms with van der Waals surface area (Å²) in [5.74, 6) is -0.901. The predicted molar refractivity (Wildman–Crippen MR) is 175 cm³/mol. The van der Waals surface area contributed by atoms with Gasteiger partial charge in [-0.05, 0) is 57.0 Å². The molecule has 4 rings (SSSR count). The van der Waals surface area contributed by atoms with Crippen LogP contribution in [0, 0.1) is 6.92 Å². The Morgan fingerprint density at radius 3 is 2.39 bits per heavy atom. The van der Waals surface area contributed by atoms with Crippen molar-refractivity contribution in [1.82, 2.24) is 20.1 Å². The molecule has 12 nitrogen and oxygen atoms in total. The number of anilines is 1. The highest BCUT2D eigenvalue weighted by molar-refractivity contribution is 8.00. The van der Waals surface area contributed by atoms with E-state index in [9.17, 15) is 19.2 Å². The van der Waals surface area contributed by atoms with Crippen molar-refractivity contribution in [3.8, 4) is 5.75 Å². The highest BCUT2D eigenvalue weighted by Gasteiger charge is 2.29. The van der Waals surface area contributed by atoms with Crippen LogP contribution in [0.15, 0.2) is 59.8 Å². The van der Waals surface area contributed by atoms with Crippen LogP contribution in [0.2, 0.25) is 0 Å². The van der Waals surface area contributed by atoms with E-state index in [1.54, 1.807) is 52.0 Å². The fourth-order valence-electron chi connectivity index (χ4n) is 4.35. The van der Waals surface area contributed by atoms with Crippen LogP contribution in [-0.4, -0.2) is 64.1 Å². The largest absolute Gasteiger partial charge is 0.497 e. The first-order valence-corrected chi connectivity index (χ1v) is 16.2. The maximum Gasteiger partial charge on any atom is 0.348 e. The lowest BCUT2D eigenvalue weighted by Gasteiger charge is -2.14. The molecule has 2 heterocycles. The standard InChI is InChI=1S/C32H35N5O7S2/c1-6-43-30(40)25-19(3)26(31(41)44-7-2)46-29(25)34-27(38)20(4)45-32-36-35-24(37(32)18-21-12-9-8-10-13-21)17-33-28(39)22-14-11-15-23(16-22)42-5/h8-16,20H,6-7,17-18H2,1-5H3,(H,33,39)(H,34,38). The second-order valence-corrected chi connectivity index (χ2v) is 12.2. The number of rotatable bonds is 14. The average Bonchev–Trinajstić information content (AvgIpc) is 3.59. The van der Waals surface area contributed by atoms with Crippen LogP contribution in [-0.2, 0) is 27.4 Å². The van der Waals surface area contributed by atoms with Crippen molar-refractivity contribution in [2.24, 2.45) is 0 Å². The number of methoxy groups -OCH3 is 1. The zero-order chi connectivity index (χ0) is 33.2. The van der Waals surface area contributed by atoms with Gasteiger partial charge in [0.15, 0.2) is 11.0 Å². The number of carbonyl (C=O) groups is 4. The maximum atomic E-state index is 13.4. The number of aromatic nitrogens is 3. The van der Waals surface area contributed by atoms with Crippen LogP contribution < -0.4 is 15.4 Å². The van der Waals surface area contributed by atoms with Crippen molar-refractivity contribution in [3.63, 3.8) is 0 Å². The van der Waals surface area contributed by atoms with Gasteiger partial charge in [-0.1, -0.05) is 48.2 Å². The fourth-order valence-corrected chi connectivity index (χ4v) is 6.31. The van der Waals surface area contributed by atoms with Gasteiger partial charge >= 0.3 is 11.9 Å². The number of thioether (sulfide) groups is 1. The molecule has 0 aliphatic rings. The van der Waals surface area contributed by atoms with E-state index < -0.39 is 23.1 Å². The Hall–Kier alpha value is -4.69. The Balaban J connectivity index is 1.55. The minimum atomic E-state index is -0.693. The summed E-state index contributed by atoms with van der Waals surface area (Å²) in [5.41, 5.74) is 1.90. The van der Waals surface area contributed by atoms with Gasteiger partial charge in [-0.25, -0.2) is 9.59 Å². The van der Waals surface area contributed by atoms with Gasteiger partial charge in [0.1, 0.15) is 15.6 Å². The molecule has 0 aliphatic heterocycles. The second-order valence-electron chi connectivity index (χ2n) is 9.84. The van der Waals surface area contributed by atoms with Crippen molar-refractivity contribution in [3.05, 3.63) is 87.6 Å². The molecule has 4 aromatic rings. The number of esters is 2. The Bertz CT molecular complexity index is 1700. The molecule has 0 spiro atoms. The first-order valence-electron chi connectivity index (χ1n) is 14.5. The molecule has 0 bridgehead atoms. The number of hydrogen-bond donors (Lipinski definition) is 2. The lowest BCUT2D eigenvalue weighted by molar-refractivity contribution is -0.115. The van der Waals surface area contributed by atoms with Crippen LogP contribution in [0.25, 0.3) is 0 Å². The lowest BCUT2D eigenvalue weighted by Crippen LogP contribution is -2.25. The van der Waals surface area contributed by atoms with E-state index in [-0.39, 0.29) is 41.1 Å². The van der Waals surface area contributed by atoms with Gasteiger partial charge in [0, 0.05) is 5.56 Å². The van der Waals surface area contributed by atoms with E-state index in [4.69, 9.17) is 14.2 Å². The van der Waals surface area contributed by atoms with Gasteiger partial charge in [0.05, 0.1) is 44.2 Å². The Morgan fingerprint density at radius 2 is 1.70 bits per heavy atom. The average molecular weight is 666 g/mol. The number of carbonyl (C=O) groups excluding carboxylic acids is 4. The smallest absolute Gasteiger partial charge is 0.348 e. The summed E-state index contributed by atoms with van der Waals surface area (Å²) >= 11 is 2.13. The third kappa shape index (κ3) is 8.31. The number of amides is 2. The summed E-state index contributed by atoms with van der Waals surface area (Å²) in [4.78, 5) is 51.9. The zero-order valence-electron chi connectivity index (χ0n) is 26.1. The second kappa shape index (κ2) is 16.0. The van der Waals surface area contributed by atoms with Gasteiger partial charge in [-0.2, -0.15) is 0 Å². The monoisotopic (exact) mass is 665 g/mol. The first-order chi connectivity index (χ1) is 22.2. The number of hydrogen-bond acceptors (Lipinski definition) is 11. The van der Waals surface area contributed by atoms with Gasteiger partial charge in [-0.3, -0.25) is 9.59 Å². The first kappa shape index (κ1) is 34.2. The van der Waals surface area contributed by atoms with Crippen LogP contribution in [0.5, 0.6) is 5.75 Å². The molecule has 46 heavy (non-hydrogen) atoms. The zero-order valence-corrected chi connectivity index (χ0v) is 27.8. The molecular weight excluding hydrogens is 631 g/mol. The molecule has 1 unspecified atom stereocenters. The summed E-state index contributed by atoms with van der Waals surface area (Å²) < 4.78 is 17.4. The van der Waals surface area contributed by atoms with E-state index in [0.29, 0.717) is 34.4 Å². The Labute approximate surface area is 274 Å². The fraction of sp³-hybridized carbons (Fsp3) is 0.312. The van der Waals surface area contributed by atoms with Crippen LogP contribution in [0.4, 0.5) is 5.00 Å². The van der Waals surface area contributed by atoms with E-state index in [1.807, 2.05) is 34.9 Å². The van der Waals surface area contributed by atoms with Gasteiger partial charge in [-0.15, -0.1) is 21.5 Å². The molecular formula is C32H35N5O7S2. The summed E-state index contributed by atoms with van der Waals surface area (Å²) in [6.07, 6.45) is 0. The molecule has 2 aromatic carbocycles. The summed E-state index contributed by atoms with van der Waals surface area (Å²) in [5, 5.41) is 14.3. The van der Waals surface area contributed by atoms with Crippen molar-refractivity contribution in [1.29, 1.82) is 0 Å². The van der Waals surface area contributed by atoms with Crippen LogP contribution >= 0.6 is 23.1 Å². The highest BCUT2D eigenvalue weighted by Crippen LogP contribution is 2.35. The quantitative estimate of drug-likeness (QED) is 0.137. The third-order valence-electron chi connectivity index (χ3n) is 6.69. The van der Waals surface area contributed by atoms with Crippen LogP contribution in [0.3, 0.4) is 0 Å². The molecule has 0 fully saturated rings. The number of nitrogens with one attached hydrogen (secondary N) is 2. The molecule has 1 atom stereocenters. The van der Waals surface area contributed by atoms with Crippen molar-refractivity contribution >= 4 is 51.9 Å². The van der Waals surface area contributed by atoms with E-state index >= 15 is 0 Å². The molecule has 0 saturated heterocycles. The van der Waals surface area contributed by atoms with Gasteiger partial charge in [0.2, 0.25) is 5.91 Å². The van der Waals surface area contributed by atoms with Crippen molar-refractivity contribution < 1.29 is 33.4 Å². The van der Waals surface area contributed by atoms with Crippen LogP contribution in [0.1, 0.15) is 68.1 Å². The summed E-state index contributed by atoms with van der Waals surface area (Å²) in [6.45, 7) is 7.45. The Kier molecular flexibility index (Phi) is 11.9. The maximum absolute atomic E-state index is 13.4. The minimum Gasteiger partial charge on any atom is -0.497 e. The molecule has 0 aliphatic carbocycles. The van der Waals surface area contributed by atoms with Crippen molar-refractivity contribution in [2.75, 3.05) is 25.6 Å². The van der Waals surface area contributed by atoms with E-state index in [0.717, 1.165) is 16.9 Å². The summed E-state index contributed by atoms with van der Waals surface area (Å²) in [7, 11) is 1.53. The molecule has 0 radical (unpaired) electrons. The Morgan fingerprint density at radius 1 is 0.978 bits per heavy atom. The lowest BCUT2D eigenvalue weighted by atomic mass is 10.1. The third-order valence-corrected chi connectivity index (χ3v) is 8.96. The highest BCUT2D eigenvalue weighted by atomic mass is 32.2. The number of ether oxygens (including phenoxy) is 3. The molecule has 14 heteroatoms.